The van der Waals surface area contributed by atoms with Gasteiger partial charge in [-0.15, -0.1) is 0 Å². The van der Waals surface area contributed by atoms with Crippen LogP contribution < -0.4 is 5.43 Å². The lowest BCUT2D eigenvalue weighted by Gasteiger charge is -2.06. The number of nitrogens with zero attached hydrogens (tertiary/aromatic N) is 5. The molecule has 0 aliphatic rings. The molecule has 0 unspecified atom stereocenters. The number of rotatable bonds is 4. The fourth-order valence-corrected chi connectivity index (χ4v) is 2.52. The average molecular weight is 385 g/mol. The van der Waals surface area contributed by atoms with Gasteiger partial charge in [0.15, 0.2) is 5.82 Å². The molecule has 0 amide bonds. The van der Waals surface area contributed by atoms with Crippen LogP contribution >= 0.6 is 15.9 Å². The minimum absolute atomic E-state index is 0.530. The number of hydrazone groups is 1. The number of benzene rings is 1. The molecule has 0 bridgehead atoms. The molecule has 6 nitrogen and oxygen atoms in total. The van der Waals surface area contributed by atoms with E-state index in [0.717, 1.165) is 27.1 Å². The molecule has 7 heteroatoms. The van der Waals surface area contributed by atoms with Crippen molar-refractivity contribution in [3.8, 4) is 5.95 Å². The van der Waals surface area contributed by atoms with Gasteiger partial charge >= 0.3 is 0 Å². The maximum absolute atomic E-state index is 4.48. The zero-order valence-electron chi connectivity index (χ0n) is 13.7. The fraction of sp³-hybridized carbons (Fsp3) is 0.176. The molecule has 0 spiro atoms. The van der Waals surface area contributed by atoms with E-state index in [-0.39, 0.29) is 0 Å². The van der Waals surface area contributed by atoms with Gasteiger partial charge in [0.05, 0.1) is 11.9 Å². The zero-order valence-corrected chi connectivity index (χ0v) is 15.2. The van der Waals surface area contributed by atoms with Crippen molar-refractivity contribution in [3.05, 3.63) is 63.5 Å². The van der Waals surface area contributed by atoms with Gasteiger partial charge in [-0.3, -0.25) is 5.43 Å². The molecule has 2 aromatic heterocycles. The molecule has 0 radical (unpaired) electrons. The number of anilines is 1. The van der Waals surface area contributed by atoms with Crippen LogP contribution in [0.15, 0.2) is 46.0 Å². The van der Waals surface area contributed by atoms with Gasteiger partial charge in [-0.1, -0.05) is 28.1 Å². The van der Waals surface area contributed by atoms with E-state index in [1.165, 1.54) is 0 Å². The van der Waals surface area contributed by atoms with Crippen molar-refractivity contribution in [3.63, 3.8) is 0 Å². The molecule has 24 heavy (non-hydrogen) atoms. The summed E-state index contributed by atoms with van der Waals surface area (Å²) in [5.74, 6) is 1.15. The second kappa shape index (κ2) is 6.92. The number of halogens is 1. The summed E-state index contributed by atoms with van der Waals surface area (Å²) >= 11 is 3.41. The lowest BCUT2D eigenvalue weighted by Crippen LogP contribution is -2.08. The second-order valence-corrected chi connectivity index (χ2v) is 6.37. The fourth-order valence-electron chi connectivity index (χ4n) is 2.26. The van der Waals surface area contributed by atoms with Crippen molar-refractivity contribution in [1.29, 1.82) is 0 Å². The first-order valence-corrected chi connectivity index (χ1v) is 8.24. The molecular formula is C17H17BrN6. The number of hydrogen-bond donors (Lipinski definition) is 1. The molecule has 0 fully saturated rings. The van der Waals surface area contributed by atoms with Crippen LogP contribution in [0.5, 0.6) is 0 Å². The van der Waals surface area contributed by atoms with Gasteiger partial charge in [0, 0.05) is 21.9 Å². The van der Waals surface area contributed by atoms with Crippen molar-refractivity contribution in [2.75, 3.05) is 5.43 Å². The zero-order chi connectivity index (χ0) is 17.1. The summed E-state index contributed by atoms with van der Waals surface area (Å²) in [4.78, 5) is 8.93. The molecule has 1 N–H and O–H groups in total. The Morgan fingerprint density at radius 3 is 2.46 bits per heavy atom. The van der Waals surface area contributed by atoms with Crippen LogP contribution in [0, 0.1) is 20.8 Å². The lowest BCUT2D eigenvalue weighted by molar-refractivity contribution is 0.769. The van der Waals surface area contributed by atoms with Gasteiger partial charge in [-0.05, 0) is 44.5 Å². The first-order chi connectivity index (χ1) is 11.5. The Bertz CT molecular complexity index is 883. The topological polar surface area (TPSA) is 68.0 Å². The van der Waals surface area contributed by atoms with E-state index >= 15 is 0 Å². The summed E-state index contributed by atoms with van der Waals surface area (Å²) in [6, 6.07) is 11.7. The molecule has 0 saturated carbocycles. The predicted octanol–water partition coefficient (Wildman–Crippen LogP) is 3.80. The SMILES string of the molecule is Cc1cc(N/N=C/c2ccc(Br)cc2)nc(-n2nc(C)cc2C)n1. The highest BCUT2D eigenvalue weighted by atomic mass is 79.9. The third kappa shape index (κ3) is 3.86. The second-order valence-electron chi connectivity index (χ2n) is 5.46. The molecule has 3 aromatic rings. The van der Waals surface area contributed by atoms with Crippen molar-refractivity contribution in [2.24, 2.45) is 5.10 Å². The summed E-state index contributed by atoms with van der Waals surface area (Å²) in [5, 5.41) is 8.65. The highest BCUT2D eigenvalue weighted by Crippen LogP contribution is 2.13. The van der Waals surface area contributed by atoms with E-state index in [2.05, 4.69) is 41.5 Å². The van der Waals surface area contributed by atoms with E-state index < -0.39 is 0 Å². The molecular weight excluding hydrogens is 368 g/mol. The summed E-state index contributed by atoms with van der Waals surface area (Å²) in [5.41, 5.74) is 6.71. The summed E-state index contributed by atoms with van der Waals surface area (Å²) in [6.45, 7) is 5.84. The van der Waals surface area contributed by atoms with Crippen LogP contribution in [-0.2, 0) is 0 Å². The predicted molar refractivity (Wildman–Crippen MR) is 98.7 cm³/mol. The Labute approximate surface area is 148 Å². The normalized spacial score (nSPS) is 11.2. The smallest absolute Gasteiger partial charge is 0.253 e. The maximum atomic E-state index is 4.48. The minimum atomic E-state index is 0.530. The molecule has 0 saturated heterocycles. The van der Waals surface area contributed by atoms with Crippen molar-refractivity contribution < 1.29 is 0 Å². The van der Waals surface area contributed by atoms with Crippen LogP contribution in [0.2, 0.25) is 0 Å². The Hall–Kier alpha value is -2.54. The van der Waals surface area contributed by atoms with Gasteiger partial charge < -0.3 is 0 Å². The molecule has 1 aromatic carbocycles. The first kappa shape index (κ1) is 16.3. The third-order valence-corrected chi connectivity index (χ3v) is 3.83. The van der Waals surface area contributed by atoms with E-state index in [1.54, 1.807) is 10.9 Å². The number of aromatic nitrogens is 4. The number of hydrogen-bond acceptors (Lipinski definition) is 5. The summed E-state index contributed by atoms with van der Waals surface area (Å²) in [7, 11) is 0. The quantitative estimate of drug-likeness (QED) is 0.548. The Morgan fingerprint density at radius 1 is 1.04 bits per heavy atom. The molecule has 0 aliphatic heterocycles. The largest absolute Gasteiger partial charge is 0.261 e. The highest BCUT2D eigenvalue weighted by molar-refractivity contribution is 9.10. The third-order valence-electron chi connectivity index (χ3n) is 3.30. The van der Waals surface area contributed by atoms with Crippen molar-refractivity contribution in [2.45, 2.75) is 20.8 Å². The molecule has 0 atom stereocenters. The maximum Gasteiger partial charge on any atom is 0.253 e. The Balaban J connectivity index is 1.81. The van der Waals surface area contributed by atoms with E-state index in [9.17, 15) is 0 Å². The van der Waals surface area contributed by atoms with Crippen LogP contribution in [-0.4, -0.2) is 26.0 Å². The van der Waals surface area contributed by atoms with Crippen LogP contribution in [0.25, 0.3) is 5.95 Å². The summed E-state index contributed by atoms with van der Waals surface area (Å²) in [6.07, 6.45) is 1.74. The standard InChI is InChI=1S/C17H17BrN6/c1-11-9-16(22-19-10-14-4-6-15(18)7-5-14)21-17(20-11)24-13(3)8-12(2)23-24/h4-10H,1-3H3,(H,20,21,22)/b19-10+. The van der Waals surface area contributed by atoms with Gasteiger partial charge in [-0.25, -0.2) is 9.67 Å². The van der Waals surface area contributed by atoms with Crippen LogP contribution in [0.1, 0.15) is 22.6 Å². The monoisotopic (exact) mass is 384 g/mol. The van der Waals surface area contributed by atoms with Crippen molar-refractivity contribution >= 4 is 28.0 Å². The van der Waals surface area contributed by atoms with Gasteiger partial charge in [0.25, 0.3) is 5.95 Å². The van der Waals surface area contributed by atoms with Gasteiger partial charge in [0.2, 0.25) is 0 Å². The Morgan fingerprint density at radius 2 is 1.79 bits per heavy atom. The van der Waals surface area contributed by atoms with Gasteiger partial charge in [-0.2, -0.15) is 15.2 Å². The van der Waals surface area contributed by atoms with Crippen LogP contribution in [0.3, 0.4) is 0 Å². The molecule has 122 valence electrons. The Kier molecular flexibility index (Phi) is 4.71. The molecule has 2 heterocycles. The average Bonchev–Trinajstić information content (AvgIpc) is 2.87. The van der Waals surface area contributed by atoms with Crippen LogP contribution in [0.4, 0.5) is 5.82 Å². The van der Waals surface area contributed by atoms with E-state index in [0.29, 0.717) is 11.8 Å². The van der Waals surface area contributed by atoms with E-state index in [1.807, 2.05) is 57.2 Å². The van der Waals surface area contributed by atoms with Gasteiger partial charge in [0.1, 0.15) is 0 Å². The highest BCUT2D eigenvalue weighted by Gasteiger charge is 2.08. The first-order valence-electron chi connectivity index (χ1n) is 7.45. The number of aryl methyl sites for hydroxylation is 3. The summed E-state index contributed by atoms with van der Waals surface area (Å²) < 4.78 is 2.76. The lowest BCUT2D eigenvalue weighted by atomic mass is 10.2. The van der Waals surface area contributed by atoms with E-state index in [4.69, 9.17) is 0 Å². The van der Waals surface area contributed by atoms with Crippen molar-refractivity contribution in [1.82, 2.24) is 19.7 Å². The molecule has 3 rings (SSSR count). The number of nitrogens with one attached hydrogen (secondary N) is 1. The molecule has 0 aliphatic carbocycles. The minimum Gasteiger partial charge on any atom is -0.261 e.